The van der Waals surface area contributed by atoms with Crippen molar-refractivity contribution in [3.8, 4) is 11.5 Å². The van der Waals surface area contributed by atoms with Crippen LogP contribution in [0.25, 0.3) is 0 Å². The zero-order valence-corrected chi connectivity index (χ0v) is 14.0. The number of para-hydroxylation sites is 3. The van der Waals surface area contributed by atoms with Crippen molar-refractivity contribution in [2.24, 2.45) is 0 Å². The fourth-order valence-corrected chi connectivity index (χ4v) is 2.33. The number of benzene rings is 3. The molecule has 4 heteroatoms. The summed E-state index contributed by atoms with van der Waals surface area (Å²) in [6.45, 7) is 2.17. The lowest BCUT2D eigenvalue weighted by Gasteiger charge is -2.13. The predicted molar refractivity (Wildman–Crippen MR) is 101 cm³/mol. The van der Waals surface area contributed by atoms with Crippen LogP contribution in [0, 0.1) is 6.92 Å². The van der Waals surface area contributed by atoms with Gasteiger partial charge in [-0.05, 0) is 43.3 Å². The number of amides is 1. The van der Waals surface area contributed by atoms with E-state index >= 15 is 0 Å². The maximum Gasteiger partial charge on any atom is 0.243 e. The summed E-state index contributed by atoms with van der Waals surface area (Å²) >= 11 is 0. The summed E-state index contributed by atoms with van der Waals surface area (Å²) in [6.07, 6.45) is 0. The Morgan fingerprint density at radius 3 is 2.32 bits per heavy atom. The van der Waals surface area contributed by atoms with Crippen molar-refractivity contribution in [2.75, 3.05) is 17.2 Å². The monoisotopic (exact) mass is 332 g/mol. The van der Waals surface area contributed by atoms with E-state index in [0.29, 0.717) is 5.75 Å². The standard InChI is InChI=1S/C21H20N2O2/c1-16-11-13-17(14-12-16)23-21(24)15-22-19-9-5-6-10-20(19)25-18-7-3-2-4-8-18/h2-14,22H,15H2,1H3,(H,23,24). The largest absolute Gasteiger partial charge is 0.455 e. The summed E-state index contributed by atoms with van der Waals surface area (Å²) in [4.78, 5) is 12.1. The van der Waals surface area contributed by atoms with Gasteiger partial charge in [0, 0.05) is 5.69 Å². The molecule has 0 heterocycles. The summed E-state index contributed by atoms with van der Waals surface area (Å²) < 4.78 is 5.88. The molecule has 4 nitrogen and oxygen atoms in total. The topological polar surface area (TPSA) is 50.4 Å². The third-order valence-electron chi connectivity index (χ3n) is 3.63. The van der Waals surface area contributed by atoms with Crippen molar-refractivity contribution in [2.45, 2.75) is 6.92 Å². The van der Waals surface area contributed by atoms with Crippen molar-refractivity contribution in [3.63, 3.8) is 0 Å². The Morgan fingerprint density at radius 2 is 1.56 bits per heavy atom. The molecule has 0 bridgehead atoms. The minimum Gasteiger partial charge on any atom is -0.455 e. The van der Waals surface area contributed by atoms with Gasteiger partial charge in [-0.3, -0.25) is 4.79 Å². The molecule has 0 aliphatic rings. The van der Waals surface area contributed by atoms with Crippen LogP contribution >= 0.6 is 0 Å². The number of rotatable bonds is 6. The number of hydrogen-bond acceptors (Lipinski definition) is 3. The van der Waals surface area contributed by atoms with Crippen LogP contribution in [-0.4, -0.2) is 12.5 Å². The molecule has 1 amide bonds. The van der Waals surface area contributed by atoms with Gasteiger partial charge in [-0.15, -0.1) is 0 Å². The summed E-state index contributed by atoms with van der Waals surface area (Å²) in [7, 11) is 0. The molecule has 0 saturated carbocycles. The Hall–Kier alpha value is -3.27. The van der Waals surface area contributed by atoms with Gasteiger partial charge in [0.2, 0.25) is 5.91 Å². The molecule has 0 saturated heterocycles. The first-order chi connectivity index (χ1) is 12.2. The number of carbonyl (C=O) groups is 1. The highest BCUT2D eigenvalue weighted by atomic mass is 16.5. The number of nitrogens with one attached hydrogen (secondary N) is 2. The highest BCUT2D eigenvalue weighted by Gasteiger charge is 2.07. The molecule has 2 N–H and O–H groups in total. The van der Waals surface area contributed by atoms with Crippen molar-refractivity contribution in [1.82, 2.24) is 0 Å². The van der Waals surface area contributed by atoms with Gasteiger partial charge in [-0.1, -0.05) is 48.0 Å². The van der Waals surface area contributed by atoms with E-state index in [1.807, 2.05) is 85.8 Å². The minimum atomic E-state index is -0.113. The van der Waals surface area contributed by atoms with Crippen molar-refractivity contribution in [3.05, 3.63) is 84.4 Å². The second-order valence-electron chi connectivity index (χ2n) is 5.68. The van der Waals surface area contributed by atoms with Crippen LogP contribution in [-0.2, 0) is 4.79 Å². The second kappa shape index (κ2) is 8.02. The Balaban J connectivity index is 1.61. The fraction of sp³-hybridized carbons (Fsp3) is 0.0952. The molecular weight excluding hydrogens is 312 g/mol. The van der Waals surface area contributed by atoms with Gasteiger partial charge in [0.25, 0.3) is 0 Å². The number of anilines is 2. The fourth-order valence-electron chi connectivity index (χ4n) is 2.33. The third kappa shape index (κ3) is 4.85. The van der Waals surface area contributed by atoms with Crippen molar-refractivity contribution in [1.29, 1.82) is 0 Å². The lowest BCUT2D eigenvalue weighted by molar-refractivity contribution is -0.114. The van der Waals surface area contributed by atoms with Crippen molar-refractivity contribution < 1.29 is 9.53 Å². The van der Waals surface area contributed by atoms with Gasteiger partial charge in [0.05, 0.1) is 12.2 Å². The minimum absolute atomic E-state index is 0.113. The Morgan fingerprint density at radius 1 is 0.880 bits per heavy atom. The van der Waals surface area contributed by atoms with E-state index in [1.54, 1.807) is 0 Å². The Kier molecular flexibility index (Phi) is 5.32. The van der Waals surface area contributed by atoms with Gasteiger partial charge in [0.15, 0.2) is 5.75 Å². The van der Waals surface area contributed by atoms with E-state index in [4.69, 9.17) is 4.74 Å². The molecule has 0 fully saturated rings. The normalized spacial score (nSPS) is 10.1. The molecule has 3 rings (SSSR count). The second-order valence-corrected chi connectivity index (χ2v) is 5.68. The molecule has 0 aromatic heterocycles. The van der Waals surface area contributed by atoms with Gasteiger partial charge in [-0.25, -0.2) is 0 Å². The van der Waals surface area contributed by atoms with E-state index in [2.05, 4.69) is 10.6 Å². The summed E-state index contributed by atoms with van der Waals surface area (Å²) in [5, 5.41) is 5.99. The average molecular weight is 332 g/mol. The number of ether oxygens (including phenoxy) is 1. The SMILES string of the molecule is Cc1ccc(NC(=O)CNc2ccccc2Oc2ccccc2)cc1. The van der Waals surface area contributed by atoms with Crippen LogP contribution in [0.15, 0.2) is 78.9 Å². The summed E-state index contributed by atoms with van der Waals surface area (Å²) in [5.41, 5.74) is 2.71. The highest BCUT2D eigenvalue weighted by molar-refractivity contribution is 5.93. The lowest BCUT2D eigenvalue weighted by Crippen LogP contribution is -2.21. The van der Waals surface area contributed by atoms with Crippen LogP contribution in [0.5, 0.6) is 11.5 Å². The van der Waals surface area contributed by atoms with Crippen LogP contribution < -0.4 is 15.4 Å². The maximum absolute atomic E-state index is 12.1. The van der Waals surface area contributed by atoms with Crippen LogP contribution in [0.1, 0.15) is 5.56 Å². The first-order valence-electron chi connectivity index (χ1n) is 8.13. The van der Waals surface area contributed by atoms with Gasteiger partial charge >= 0.3 is 0 Å². The predicted octanol–water partition coefficient (Wildman–Crippen LogP) is 4.84. The molecular formula is C21H20N2O2. The number of carbonyl (C=O) groups excluding carboxylic acids is 1. The molecule has 0 atom stereocenters. The van der Waals surface area contributed by atoms with Crippen LogP contribution in [0.4, 0.5) is 11.4 Å². The van der Waals surface area contributed by atoms with Crippen molar-refractivity contribution >= 4 is 17.3 Å². The Bertz CT molecular complexity index is 830. The van der Waals surface area contributed by atoms with Gasteiger partial charge in [0.1, 0.15) is 5.75 Å². The number of hydrogen-bond donors (Lipinski definition) is 2. The van der Waals surface area contributed by atoms with E-state index in [9.17, 15) is 4.79 Å². The first-order valence-corrected chi connectivity index (χ1v) is 8.13. The highest BCUT2D eigenvalue weighted by Crippen LogP contribution is 2.28. The van der Waals surface area contributed by atoms with Gasteiger partial charge < -0.3 is 15.4 Å². The average Bonchev–Trinajstić information content (AvgIpc) is 2.64. The Labute approximate surface area is 147 Å². The molecule has 0 unspecified atom stereocenters. The van der Waals surface area contributed by atoms with Crippen LogP contribution in [0.3, 0.4) is 0 Å². The van der Waals surface area contributed by atoms with E-state index in [0.717, 1.165) is 22.7 Å². The van der Waals surface area contributed by atoms with Crippen LogP contribution in [0.2, 0.25) is 0 Å². The van der Waals surface area contributed by atoms with E-state index < -0.39 is 0 Å². The number of aryl methyl sites for hydroxylation is 1. The lowest BCUT2D eigenvalue weighted by atomic mass is 10.2. The molecule has 3 aromatic rings. The van der Waals surface area contributed by atoms with Gasteiger partial charge in [-0.2, -0.15) is 0 Å². The first kappa shape index (κ1) is 16.6. The molecule has 0 aliphatic heterocycles. The molecule has 0 spiro atoms. The van der Waals surface area contributed by atoms with E-state index in [1.165, 1.54) is 0 Å². The van der Waals surface area contributed by atoms with E-state index in [-0.39, 0.29) is 12.5 Å². The molecule has 126 valence electrons. The molecule has 3 aromatic carbocycles. The molecule has 0 radical (unpaired) electrons. The zero-order chi connectivity index (χ0) is 17.5. The smallest absolute Gasteiger partial charge is 0.243 e. The quantitative estimate of drug-likeness (QED) is 0.679. The summed E-state index contributed by atoms with van der Waals surface area (Å²) in [5.74, 6) is 1.32. The molecule has 25 heavy (non-hydrogen) atoms. The summed E-state index contributed by atoms with van der Waals surface area (Å²) in [6, 6.07) is 24.8. The zero-order valence-electron chi connectivity index (χ0n) is 14.0. The third-order valence-corrected chi connectivity index (χ3v) is 3.63. The molecule has 0 aliphatic carbocycles. The maximum atomic E-state index is 12.1.